The van der Waals surface area contributed by atoms with Crippen LogP contribution in [0.2, 0.25) is 0 Å². The Labute approximate surface area is 92.0 Å². The standard InChI is InChI=1S/C11H13NO4/c1-6(2)8-5-9-11(15-8)7(12-16-9)3-4-10(13)14/h5-6H,3-4H2,1-2H3,(H,13,14). The number of furan rings is 1. The second-order valence-corrected chi connectivity index (χ2v) is 4.02. The third kappa shape index (κ3) is 1.93. The molecule has 1 N–H and O–H groups in total. The molecule has 5 nitrogen and oxygen atoms in total. The van der Waals surface area contributed by atoms with Crippen molar-refractivity contribution in [1.82, 2.24) is 5.16 Å². The van der Waals surface area contributed by atoms with Gasteiger partial charge in [0, 0.05) is 18.4 Å². The van der Waals surface area contributed by atoms with Crippen molar-refractivity contribution in [2.45, 2.75) is 32.6 Å². The van der Waals surface area contributed by atoms with E-state index in [1.54, 1.807) is 6.07 Å². The Morgan fingerprint density at radius 1 is 1.56 bits per heavy atom. The first-order valence-corrected chi connectivity index (χ1v) is 5.17. The molecule has 0 atom stereocenters. The summed E-state index contributed by atoms with van der Waals surface area (Å²) in [7, 11) is 0. The highest BCUT2D eigenvalue weighted by atomic mass is 16.5. The second kappa shape index (κ2) is 4.00. The van der Waals surface area contributed by atoms with Gasteiger partial charge in [0.15, 0.2) is 5.58 Å². The lowest BCUT2D eigenvalue weighted by molar-refractivity contribution is -0.136. The number of aliphatic carboxylic acids is 1. The van der Waals surface area contributed by atoms with Crippen LogP contribution in [0.25, 0.3) is 11.2 Å². The molecule has 2 aromatic rings. The number of aryl methyl sites for hydroxylation is 1. The number of carboxylic acids is 1. The van der Waals surface area contributed by atoms with Crippen LogP contribution in [0, 0.1) is 0 Å². The summed E-state index contributed by atoms with van der Waals surface area (Å²) in [5.41, 5.74) is 1.73. The van der Waals surface area contributed by atoms with Crippen LogP contribution in [-0.2, 0) is 11.2 Å². The largest absolute Gasteiger partial charge is 0.481 e. The van der Waals surface area contributed by atoms with Crippen LogP contribution in [0.5, 0.6) is 0 Å². The molecule has 2 rings (SSSR count). The van der Waals surface area contributed by atoms with Crippen molar-refractivity contribution in [1.29, 1.82) is 0 Å². The Bertz CT molecular complexity index is 509. The van der Waals surface area contributed by atoms with Gasteiger partial charge in [-0.2, -0.15) is 0 Å². The second-order valence-electron chi connectivity index (χ2n) is 4.02. The summed E-state index contributed by atoms with van der Waals surface area (Å²) in [6, 6.07) is 1.80. The first kappa shape index (κ1) is 10.7. The van der Waals surface area contributed by atoms with Gasteiger partial charge in [-0.25, -0.2) is 0 Å². The van der Waals surface area contributed by atoms with E-state index in [9.17, 15) is 4.79 Å². The van der Waals surface area contributed by atoms with Gasteiger partial charge in [-0.05, 0) is 0 Å². The molecule has 0 amide bonds. The van der Waals surface area contributed by atoms with Crippen molar-refractivity contribution in [3.8, 4) is 0 Å². The number of hydrogen-bond acceptors (Lipinski definition) is 4. The van der Waals surface area contributed by atoms with Gasteiger partial charge in [-0.1, -0.05) is 19.0 Å². The lowest BCUT2D eigenvalue weighted by Gasteiger charge is -1.96. The average molecular weight is 223 g/mol. The van der Waals surface area contributed by atoms with Gasteiger partial charge in [0.05, 0.1) is 6.42 Å². The number of carbonyl (C=O) groups is 1. The fraction of sp³-hybridized carbons (Fsp3) is 0.455. The first-order chi connectivity index (χ1) is 7.58. The number of rotatable bonds is 4. The maximum Gasteiger partial charge on any atom is 0.303 e. The number of hydrogen-bond donors (Lipinski definition) is 1. The monoisotopic (exact) mass is 223 g/mol. The fourth-order valence-electron chi connectivity index (χ4n) is 1.48. The van der Waals surface area contributed by atoms with Crippen LogP contribution in [-0.4, -0.2) is 16.2 Å². The van der Waals surface area contributed by atoms with E-state index in [0.717, 1.165) is 5.76 Å². The van der Waals surface area contributed by atoms with Crippen LogP contribution in [0.15, 0.2) is 15.0 Å². The van der Waals surface area contributed by atoms with Crippen LogP contribution in [0.3, 0.4) is 0 Å². The minimum Gasteiger partial charge on any atom is -0.481 e. The van der Waals surface area contributed by atoms with E-state index in [2.05, 4.69) is 5.16 Å². The Balaban J connectivity index is 2.28. The van der Waals surface area contributed by atoms with E-state index < -0.39 is 5.97 Å². The quantitative estimate of drug-likeness (QED) is 0.861. The third-order valence-electron chi connectivity index (χ3n) is 2.38. The van der Waals surface area contributed by atoms with E-state index >= 15 is 0 Å². The summed E-state index contributed by atoms with van der Waals surface area (Å²) >= 11 is 0. The summed E-state index contributed by atoms with van der Waals surface area (Å²) in [6.07, 6.45) is 0.354. The molecule has 0 spiro atoms. The summed E-state index contributed by atoms with van der Waals surface area (Å²) in [5.74, 6) is 0.245. The summed E-state index contributed by atoms with van der Waals surface area (Å²) in [6.45, 7) is 4.03. The highest BCUT2D eigenvalue weighted by Crippen LogP contribution is 2.27. The molecule has 0 aliphatic heterocycles. The zero-order valence-electron chi connectivity index (χ0n) is 9.19. The minimum atomic E-state index is -0.855. The molecule has 5 heteroatoms. The maximum absolute atomic E-state index is 10.5. The van der Waals surface area contributed by atoms with Gasteiger partial charge in [0.1, 0.15) is 11.5 Å². The van der Waals surface area contributed by atoms with Crippen LogP contribution in [0.1, 0.15) is 37.6 Å². The van der Waals surface area contributed by atoms with Crippen molar-refractivity contribution in [3.63, 3.8) is 0 Å². The van der Waals surface area contributed by atoms with Crippen molar-refractivity contribution in [2.75, 3.05) is 0 Å². The molecular weight excluding hydrogens is 210 g/mol. The normalized spacial score (nSPS) is 11.4. The molecule has 0 fully saturated rings. The highest BCUT2D eigenvalue weighted by Gasteiger charge is 2.16. The van der Waals surface area contributed by atoms with Crippen molar-refractivity contribution in [3.05, 3.63) is 17.5 Å². The molecule has 0 saturated carbocycles. The van der Waals surface area contributed by atoms with E-state index in [-0.39, 0.29) is 12.3 Å². The number of nitrogens with zero attached hydrogens (tertiary/aromatic N) is 1. The van der Waals surface area contributed by atoms with E-state index in [1.807, 2.05) is 13.8 Å². The molecule has 86 valence electrons. The van der Waals surface area contributed by atoms with Gasteiger partial charge in [0.25, 0.3) is 0 Å². The minimum absolute atomic E-state index is 0.0271. The molecule has 2 aromatic heterocycles. The SMILES string of the molecule is CC(C)c1cc2onc(CCC(=O)O)c2o1. The number of aromatic nitrogens is 1. The third-order valence-corrected chi connectivity index (χ3v) is 2.38. The number of fused-ring (bicyclic) bond motifs is 1. The van der Waals surface area contributed by atoms with Gasteiger partial charge >= 0.3 is 5.97 Å². The van der Waals surface area contributed by atoms with Crippen LogP contribution in [0.4, 0.5) is 0 Å². The first-order valence-electron chi connectivity index (χ1n) is 5.17. The predicted molar refractivity (Wildman–Crippen MR) is 56.3 cm³/mol. The van der Waals surface area contributed by atoms with Gasteiger partial charge in [-0.3, -0.25) is 4.79 Å². The lowest BCUT2D eigenvalue weighted by atomic mass is 10.2. The lowest BCUT2D eigenvalue weighted by Crippen LogP contribution is -1.97. The summed E-state index contributed by atoms with van der Waals surface area (Å²) in [4.78, 5) is 10.5. The van der Waals surface area contributed by atoms with Crippen molar-refractivity contribution >= 4 is 17.1 Å². The van der Waals surface area contributed by atoms with Crippen molar-refractivity contribution < 1.29 is 18.8 Å². The Morgan fingerprint density at radius 2 is 2.31 bits per heavy atom. The van der Waals surface area contributed by atoms with Gasteiger partial charge in [-0.15, -0.1) is 0 Å². The zero-order valence-corrected chi connectivity index (χ0v) is 9.19. The van der Waals surface area contributed by atoms with Crippen LogP contribution >= 0.6 is 0 Å². The van der Waals surface area contributed by atoms with Crippen molar-refractivity contribution in [2.24, 2.45) is 0 Å². The molecular formula is C11H13NO4. The Hall–Kier alpha value is -1.78. The van der Waals surface area contributed by atoms with Gasteiger partial charge < -0.3 is 14.0 Å². The summed E-state index contributed by atoms with van der Waals surface area (Å²) in [5, 5.41) is 12.4. The Kier molecular flexibility index (Phi) is 2.68. The maximum atomic E-state index is 10.5. The average Bonchev–Trinajstić information content (AvgIpc) is 2.73. The molecule has 0 bridgehead atoms. The van der Waals surface area contributed by atoms with E-state index in [1.165, 1.54) is 0 Å². The van der Waals surface area contributed by atoms with E-state index in [0.29, 0.717) is 23.3 Å². The molecule has 0 aliphatic carbocycles. The van der Waals surface area contributed by atoms with E-state index in [4.69, 9.17) is 14.0 Å². The van der Waals surface area contributed by atoms with Crippen LogP contribution < -0.4 is 0 Å². The highest BCUT2D eigenvalue weighted by molar-refractivity contribution is 5.75. The molecule has 0 radical (unpaired) electrons. The summed E-state index contributed by atoms with van der Waals surface area (Å²) < 4.78 is 10.7. The molecule has 0 aliphatic rings. The molecule has 0 unspecified atom stereocenters. The fourth-order valence-corrected chi connectivity index (χ4v) is 1.48. The smallest absolute Gasteiger partial charge is 0.303 e. The molecule has 16 heavy (non-hydrogen) atoms. The molecule has 0 saturated heterocycles. The molecule has 0 aromatic carbocycles. The molecule has 2 heterocycles. The number of carboxylic acid groups (broad SMARTS) is 1. The van der Waals surface area contributed by atoms with Gasteiger partial charge in [0.2, 0.25) is 5.58 Å². The topological polar surface area (TPSA) is 76.5 Å². The zero-order chi connectivity index (χ0) is 11.7. The predicted octanol–water partition coefficient (Wildman–Crippen LogP) is 2.56. The Morgan fingerprint density at radius 3 is 2.94 bits per heavy atom.